The number of phenolic OH excluding ortho intramolecular Hbond substituents is 1. The van der Waals surface area contributed by atoms with Crippen molar-refractivity contribution in [1.29, 1.82) is 0 Å². The molecule has 3 heteroatoms. The molecule has 1 aromatic rings. The summed E-state index contributed by atoms with van der Waals surface area (Å²) in [5, 5.41) is 12.5. The number of aromatic hydroxyl groups is 1. The van der Waals surface area contributed by atoms with Crippen LogP contribution in [-0.2, 0) is 6.42 Å². The van der Waals surface area contributed by atoms with Crippen LogP contribution in [0.4, 0.5) is 5.69 Å². The van der Waals surface area contributed by atoms with Gasteiger partial charge < -0.3 is 16.2 Å². The minimum Gasteiger partial charge on any atom is -0.506 e. The molecule has 2 rings (SSSR count). The van der Waals surface area contributed by atoms with E-state index in [1.54, 1.807) is 6.07 Å². The third kappa shape index (κ3) is 1.12. The highest BCUT2D eigenvalue weighted by molar-refractivity contribution is 5.63. The SMILES string of the molecule is N[C@H]1CNc2c(O)cccc2C1. The molecule has 64 valence electrons. The molecule has 1 aromatic carbocycles. The molecule has 3 nitrogen and oxygen atoms in total. The molecule has 0 aliphatic carbocycles. The van der Waals surface area contributed by atoms with Crippen LogP contribution >= 0.6 is 0 Å². The first kappa shape index (κ1) is 7.43. The molecule has 1 aliphatic heterocycles. The fourth-order valence-corrected chi connectivity index (χ4v) is 1.55. The number of benzene rings is 1. The lowest BCUT2D eigenvalue weighted by molar-refractivity contribution is 0.474. The third-order valence-corrected chi connectivity index (χ3v) is 2.15. The standard InChI is InChI=1S/C9H12N2O/c10-7-4-6-2-1-3-8(12)9(6)11-5-7/h1-3,7,11-12H,4-5,10H2/t7-/m1/s1. The second-order valence-corrected chi connectivity index (χ2v) is 3.16. The van der Waals surface area contributed by atoms with E-state index in [9.17, 15) is 5.11 Å². The fourth-order valence-electron chi connectivity index (χ4n) is 1.55. The van der Waals surface area contributed by atoms with Crippen molar-refractivity contribution < 1.29 is 5.11 Å². The van der Waals surface area contributed by atoms with Crippen LogP contribution in [0, 0.1) is 0 Å². The Kier molecular flexibility index (Phi) is 1.66. The number of fused-ring (bicyclic) bond motifs is 1. The Bertz CT molecular complexity index is 299. The van der Waals surface area contributed by atoms with E-state index in [1.807, 2.05) is 12.1 Å². The van der Waals surface area contributed by atoms with Crippen LogP contribution in [0.2, 0.25) is 0 Å². The van der Waals surface area contributed by atoms with E-state index in [0.29, 0.717) is 5.75 Å². The van der Waals surface area contributed by atoms with Gasteiger partial charge in [0.1, 0.15) is 5.75 Å². The molecule has 1 atom stereocenters. The van der Waals surface area contributed by atoms with E-state index < -0.39 is 0 Å². The van der Waals surface area contributed by atoms with Crippen LogP contribution in [0.1, 0.15) is 5.56 Å². The van der Waals surface area contributed by atoms with Gasteiger partial charge in [-0.25, -0.2) is 0 Å². The highest BCUT2D eigenvalue weighted by atomic mass is 16.3. The summed E-state index contributed by atoms with van der Waals surface area (Å²) < 4.78 is 0. The summed E-state index contributed by atoms with van der Waals surface area (Å²) in [5.41, 5.74) is 7.71. The second-order valence-electron chi connectivity index (χ2n) is 3.16. The normalized spacial score (nSPS) is 21.2. The van der Waals surface area contributed by atoms with Gasteiger partial charge in [-0.05, 0) is 18.1 Å². The zero-order valence-electron chi connectivity index (χ0n) is 6.75. The number of para-hydroxylation sites is 1. The number of nitrogens with one attached hydrogen (secondary N) is 1. The average Bonchev–Trinajstić information content (AvgIpc) is 2.04. The third-order valence-electron chi connectivity index (χ3n) is 2.15. The molecule has 0 saturated heterocycles. The molecule has 0 spiro atoms. The van der Waals surface area contributed by atoms with Gasteiger partial charge in [-0.15, -0.1) is 0 Å². The molecule has 0 aromatic heterocycles. The predicted octanol–water partition coefficient (Wildman–Crippen LogP) is 0.687. The van der Waals surface area contributed by atoms with Crippen molar-refractivity contribution in [2.24, 2.45) is 5.73 Å². The van der Waals surface area contributed by atoms with Gasteiger partial charge in [0.2, 0.25) is 0 Å². The first-order valence-corrected chi connectivity index (χ1v) is 4.07. The Morgan fingerprint density at radius 2 is 2.33 bits per heavy atom. The maximum Gasteiger partial charge on any atom is 0.138 e. The molecule has 0 radical (unpaired) electrons. The summed E-state index contributed by atoms with van der Waals surface area (Å²) in [6.45, 7) is 0.741. The first-order chi connectivity index (χ1) is 5.77. The van der Waals surface area contributed by atoms with Crippen molar-refractivity contribution >= 4 is 5.69 Å². The summed E-state index contributed by atoms with van der Waals surface area (Å²) in [6, 6.07) is 5.68. The highest BCUT2D eigenvalue weighted by Gasteiger charge is 2.16. The summed E-state index contributed by atoms with van der Waals surface area (Å²) in [5.74, 6) is 0.319. The number of hydrogen-bond acceptors (Lipinski definition) is 3. The number of rotatable bonds is 0. The Balaban J connectivity index is 2.42. The largest absolute Gasteiger partial charge is 0.506 e. The van der Waals surface area contributed by atoms with Crippen molar-refractivity contribution in [2.45, 2.75) is 12.5 Å². The Hall–Kier alpha value is -1.22. The zero-order chi connectivity index (χ0) is 8.55. The second kappa shape index (κ2) is 2.68. The number of phenols is 1. The minimum absolute atomic E-state index is 0.166. The van der Waals surface area contributed by atoms with Gasteiger partial charge in [-0.1, -0.05) is 12.1 Å². The van der Waals surface area contributed by atoms with Crippen LogP contribution < -0.4 is 11.1 Å². The molecule has 1 heterocycles. The molecular formula is C9H12N2O. The lowest BCUT2D eigenvalue weighted by Gasteiger charge is -2.23. The lowest BCUT2D eigenvalue weighted by Crippen LogP contribution is -2.35. The fraction of sp³-hybridized carbons (Fsp3) is 0.333. The molecule has 12 heavy (non-hydrogen) atoms. The predicted molar refractivity (Wildman–Crippen MR) is 48.3 cm³/mol. The average molecular weight is 164 g/mol. The van der Waals surface area contributed by atoms with E-state index in [0.717, 1.165) is 24.2 Å². The molecule has 0 amide bonds. The molecule has 0 saturated carbocycles. The van der Waals surface area contributed by atoms with E-state index in [1.165, 1.54) is 0 Å². The van der Waals surface area contributed by atoms with Gasteiger partial charge in [-0.2, -0.15) is 0 Å². The highest BCUT2D eigenvalue weighted by Crippen LogP contribution is 2.30. The minimum atomic E-state index is 0.166. The van der Waals surface area contributed by atoms with Crippen LogP contribution in [-0.4, -0.2) is 17.7 Å². The summed E-state index contributed by atoms with van der Waals surface area (Å²) in [7, 11) is 0. The molecule has 0 bridgehead atoms. The summed E-state index contributed by atoms with van der Waals surface area (Å²) in [6.07, 6.45) is 0.844. The van der Waals surface area contributed by atoms with Crippen LogP contribution in [0.5, 0.6) is 5.75 Å². The smallest absolute Gasteiger partial charge is 0.138 e. The lowest BCUT2D eigenvalue weighted by atomic mass is 10.00. The maximum atomic E-state index is 9.44. The number of nitrogens with two attached hydrogens (primary N) is 1. The van der Waals surface area contributed by atoms with E-state index in [4.69, 9.17) is 5.73 Å². The van der Waals surface area contributed by atoms with Gasteiger partial charge in [0.05, 0.1) is 5.69 Å². The van der Waals surface area contributed by atoms with E-state index >= 15 is 0 Å². The number of hydrogen-bond donors (Lipinski definition) is 3. The van der Waals surface area contributed by atoms with Gasteiger partial charge in [-0.3, -0.25) is 0 Å². The summed E-state index contributed by atoms with van der Waals surface area (Å²) >= 11 is 0. The molecule has 4 N–H and O–H groups in total. The van der Waals surface area contributed by atoms with Crippen molar-refractivity contribution in [3.05, 3.63) is 23.8 Å². The van der Waals surface area contributed by atoms with Gasteiger partial charge in [0.15, 0.2) is 0 Å². The van der Waals surface area contributed by atoms with Crippen molar-refractivity contribution in [1.82, 2.24) is 0 Å². The van der Waals surface area contributed by atoms with Crippen LogP contribution in [0.15, 0.2) is 18.2 Å². The Morgan fingerprint density at radius 3 is 3.17 bits per heavy atom. The first-order valence-electron chi connectivity index (χ1n) is 4.07. The zero-order valence-corrected chi connectivity index (χ0v) is 6.75. The van der Waals surface area contributed by atoms with Gasteiger partial charge in [0, 0.05) is 12.6 Å². The molecule has 1 aliphatic rings. The van der Waals surface area contributed by atoms with Crippen molar-refractivity contribution in [2.75, 3.05) is 11.9 Å². The molecular weight excluding hydrogens is 152 g/mol. The maximum absolute atomic E-state index is 9.44. The van der Waals surface area contributed by atoms with E-state index in [-0.39, 0.29) is 6.04 Å². The van der Waals surface area contributed by atoms with Crippen LogP contribution in [0.25, 0.3) is 0 Å². The van der Waals surface area contributed by atoms with Crippen LogP contribution in [0.3, 0.4) is 0 Å². The van der Waals surface area contributed by atoms with Gasteiger partial charge in [0.25, 0.3) is 0 Å². The van der Waals surface area contributed by atoms with Gasteiger partial charge >= 0.3 is 0 Å². The van der Waals surface area contributed by atoms with E-state index in [2.05, 4.69) is 5.32 Å². The van der Waals surface area contributed by atoms with Crippen molar-refractivity contribution in [3.8, 4) is 5.75 Å². The Morgan fingerprint density at radius 1 is 1.50 bits per heavy atom. The van der Waals surface area contributed by atoms with Crippen molar-refractivity contribution in [3.63, 3.8) is 0 Å². The monoisotopic (exact) mass is 164 g/mol. The Labute approximate surface area is 71.2 Å². The molecule has 0 unspecified atom stereocenters. The molecule has 0 fully saturated rings. The summed E-state index contributed by atoms with van der Waals surface area (Å²) in [4.78, 5) is 0. The quantitative estimate of drug-likeness (QED) is 0.494. The topological polar surface area (TPSA) is 58.3 Å². The number of anilines is 1.